The zero-order chi connectivity index (χ0) is 12.1. The van der Waals surface area contributed by atoms with E-state index in [2.05, 4.69) is 28.5 Å². The van der Waals surface area contributed by atoms with Crippen LogP contribution in [0.5, 0.6) is 0 Å². The molecule has 2 rings (SSSR count). The second kappa shape index (κ2) is 5.49. The summed E-state index contributed by atoms with van der Waals surface area (Å²) in [6.45, 7) is 2.84. The van der Waals surface area contributed by atoms with E-state index in [1.54, 1.807) is 0 Å². The van der Waals surface area contributed by atoms with Crippen LogP contribution in [0.1, 0.15) is 30.5 Å². The number of allylic oxidation sites excluding steroid dienone is 2. The zero-order valence-electron chi connectivity index (χ0n) is 10.1. The summed E-state index contributed by atoms with van der Waals surface area (Å²) in [5.74, 6) is 1.39. The van der Waals surface area contributed by atoms with Gasteiger partial charge in [0.25, 0.3) is 0 Å². The number of nitrogens with one attached hydrogen (secondary N) is 1. The minimum absolute atomic E-state index is 0.627. The van der Waals surface area contributed by atoms with Gasteiger partial charge >= 0.3 is 0 Å². The van der Waals surface area contributed by atoms with E-state index >= 15 is 0 Å². The minimum Gasteiger partial charge on any atom is -0.369 e. The Labute approximate surface area is 102 Å². The minimum atomic E-state index is 0.627. The third-order valence-electron chi connectivity index (χ3n) is 3.09. The SMILES string of the molecule is Cc1ccc(C#N)c(NCC2CC=CCC2)n1. The molecule has 1 N–H and O–H groups in total. The van der Waals surface area contributed by atoms with Crippen molar-refractivity contribution in [2.45, 2.75) is 26.2 Å². The molecule has 0 saturated heterocycles. The number of aromatic nitrogens is 1. The monoisotopic (exact) mass is 227 g/mol. The highest BCUT2D eigenvalue weighted by Gasteiger charge is 2.11. The Morgan fingerprint density at radius 3 is 3.06 bits per heavy atom. The third kappa shape index (κ3) is 3.07. The van der Waals surface area contributed by atoms with Crippen LogP contribution in [0.25, 0.3) is 0 Å². The van der Waals surface area contributed by atoms with Gasteiger partial charge in [0.2, 0.25) is 0 Å². The molecule has 88 valence electrons. The lowest BCUT2D eigenvalue weighted by Crippen LogP contribution is -2.16. The fraction of sp³-hybridized carbons (Fsp3) is 0.429. The quantitative estimate of drug-likeness (QED) is 0.807. The lowest BCUT2D eigenvalue weighted by atomic mass is 9.94. The van der Waals surface area contributed by atoms with E-state index in [1.165, 1.54) is 12.8 Å². The van der Waals surface area contributed by atoms with E-state index in [0.29, 0.717) is 11.5 Å². The van der Waals surface area contributed by atoms with Gasteiger partial charge in [0.15, 0.2) is 0 Å². The van der Waals surface area contributed by atoms with Crippen LogP contribution in [0.2, 0.25) is 0 Å². The molecule has 3 heteroatoms. The van der Waals surface area contributed by atoms with E-state index in [-0.39, 0.29) is 0 Å². The molecule has 1 aromatic rings. The summed E-state index contributed by atoms with van der Waals surface area (Å²) >= 11 is 0. The molecule has 1 unspecified atom stereocenters. The smallest absolute Gasteiger partial charge is 0.144 e. The Hall–Kier alpha value is -1.82. The van der Waals surface area contributed by atoms with E-state index in [1.807, 2.05) is 19.1 Å². The molecule has 1 heterocycles. The molecule has 0 aliphatic heterocycles. The molecular weight excluding hydrogens is 210 g/mol. The molecule has 0 radical (unpaired) electrons. The van der Waals surface area contributed by atoms with Crippen molar-refractivity contribution in [1.29, 1.82) is 5.26 Å². The van der Waals surface area contributed by atoms with Gasteiger partial charge in [0.1, 0.15) is 11.9 Å². The summed E-state index contributed by atoms with van der Waals surface area (Å²) in [5, 5.41) is 12.3. The van der Waals surface area contributed by atoms with Gasteiger partial charge in [0.05, 0.1) is 5.56 Å². The molecule has 1 atom stereocenters. The van der Waals surface area contributed by atoms with Gasteiger partial charge in [-0.1, -0.05) is 12.2 Å². The van der Waals surface area contributed by atoms with Gasteiger partial charge in [-0.05, 0) is 44.2 Å². The highest BCUT2D eigenvalue weighted by Crippen LogP contribution is 2.19. The summed E-state index contributed by atoms with van der Waals surface area (Å²) in [6.07, 6.45) is 7.99. The lowest BCUT2D eigenvalue weighted by molar-refractivity contribution is 0.503. The summed E-state index contributed by atoms with van der Waals surface area (Å²) in [5.41, 5.74) is 1.57. The molecule has 3 nitrogen and oxygen atoms in total. The number of aryl methyl sites for hydroxylation is 1. The van der Waals surface area contributed by atoms with E-state index in [4.69, 9.17) is 5.26 Å². The normalized spacial score (nSPS) is 18.7. The first kappa shape index (κ1) is 11.7. The molecule has 0 spiro atoms. The van der Waals surface area contributed by atoms with Gasteiger partial charge in [-0.25, -0.2) is 4.98 Å². The van der Waals surface area contributed by atoms with Crippen LogP contribution in [-0.2, 0) is 0 Å². The van der Waals surface area contributed by atoms with Crippen LogP contribution in [0.3, 0.4) is 0 Å². The second-order valence-corrected chi connectivity index (χ2v) is 4.49. The van der Waals surface area contributed by atoms with Crippen molar-refractivity contribution >= 4 is 5.82 Å². The van der Waals surface area contributed by atoms with Crippen molar-refractivity contribution < 1.29 is 0 Å². The van der Waals surface area contributed by atoms with Crippen LogP contribution >= 0.6 is 0 Å². The van der Waals surface area contributed by atoms with E-state index in [0.717, 1.165) is 24.5 Å². The number of anilines is 1. The summed E-state index contributed by atoms with van der Waals surface area (Å²) in [4.78, 5) is 4.38. The van der Waals surface area contributed by atoms with E-state index < -0.39 is 0 Å². The largest absolute Gasteiger partial charge is 0.369 e. The number of nitrogens with zero attached hydrogens (tertiary/aromatic N) is 2. The van der Waals surface area contributed by atoms with Crippen molar-refractivity contribution in [1.82, 2.24) is 4.98 Å². The number of pyridine rings is 1. The van der Waals surface area contributed by atoms with Gasteiger partial charge in [-0.3, -0.25) is 0 Å². The Morgan fingerprint density at radius 1 is 1.47 bits per heavy atom. The molecular formula is C14H17N3. The zero-order valence-corrected chi connectivity index (χ0v) is 10.1. The molecule has 1 aliphatic rings. The fourth-order valence-corrected chi connectivity index (χ4v) is 2.06. The molecule has 17 heavy (non-hydrogen) atoms. The van der Waals surface area contributed by atoms with Gasteiger partial charge in [0, 0.05) is 12.2 Å². The van der Waals surface area contributed by atoms with Crippen LogP contribution in [-0.4, -0.2) is 11.5 Å². The lowest BCUT2D eigenvalue weighted by Gasteiger charge is -2.18. The van der Waals surface area contributed by atoms with Gasteiger partial charge in [-0.2, -0.15) is 5.26 Å². The molecule has 0 fully saturated rings. The number of nitriles is 1. The molecule has 0 aromatic carbocycles. The van der Waals surface area contributed by atoms with Crippen LogP contribution in [0.4, 0.5) is 5.82 Å². The first-order valence-corrected chi connectivity index (χ1v) is 6.06. The highest BCUT2D eigenvalue weighted by atomic mass is 15.0. The Bertz CT molecular complexity index is 457. The van der Waals surface area contributed by atoms with Crippen molar-refractivity contribution in [3.05, 3.63) is 35.5 Å². The molecule has 1 aromatic heterocycles. The van der Waals surface area contributed by atoms with Crippen molar-refractivity contribution in [3.63, 3.8) is 0 Å². The maximum atomic E-state index is 9.01. The summed E-state index contributed by atoms with van der Waals surface area (Å²) in [7, 11) is 0. The average Bonchev–Trinajstić information content (AvgIpc) is 2.38. The number of hydrogen-bond acceptors (Lipinski definition) is 3. The predicted octanol–water partition coefficient (Wildman–Crippen LogP) is 3.03. The topological polar surface area (TPSA) is 48.7 Å². The average molecular weight is 227 g/mol. The Balaban J connectivity index is 2.00. The highest BCUT2D eigenvalue weighted by molar-refractivity contribution is 5.52. The van der Waals surface area contributed by atoms with Gasteiger partial charge < -0.3 is 5.32 Å². The number of rotatable bonds is 3. The first-order valence-electron chi connectivity index (χ1n) is 6.06. The van der Waals surface area contributed by atoms with E-state index in [9.17, 15) is 0 Å². The van der Waals surface area contributed by atoms with Crippen molar-refractivity contribution in [3.8, 4) is 6.07 Å². The third-order valence-corrected chi connectivity index (χ3v) is 3.09. The Kier molecular flexibility index (Phi) is 3.77. The van der Waals surface area contributed by atoms with Crippen molar-refractivity contribution in [2.75, 3.05) is 11.9 Å². The van der Waals surface area contributed by atoms with Crippen LogP contribution in [0, 0.1) is 24.2 Å². The predicted molar refractivity (Wildman–Crippen MR) is 68.7 cm³/mol. The summed E-state index contributed by atoms with van der Waals surface area (Å²) < 4.78 is 0. The summed E-state index contributed by atoms with van der Waals surface area (Å²) in [6, 6.07) is 5.86. The number of hydrogen-bond donors (Lipinski definition) is 1. The van der Waals surface area contributed by atoms with Crippen molar-refractivity contribution in [2.24, 2.45) is 5.92 Å². The maximum absolute atomic E-state index is 9.01. The standard InChI is InChI=1S/C14H17N3/c1-11-7-8-13(9-15)14(17-11)16-10-12-5-3-2-4-6-12/h2-3,7-8,12H,4-6,10H2,1H3,(H,16,17). The van der Waals surface area contributed by atoms with Gasteiger partial charge in [-0.15, -0.1) is 0 Å². The maximum Gasteiger partial charge on any atom is 0.144 e. The molecule has 0 amide bonds. The first-order chi connectivity index (χ1) is 8.29. The molecule has 0 bridgehead atoms. The van der Waals surface area contributed by atoms with Crippen LogP contribution < -0.4 is 5.32 Å². The fourth-order valence-electron chi connectivity index (χ4n) is 2.06. The molecule has 1 aliphatic carbocycles. The van der Waals surface area contributed by atoms with Crippen LogP contribution in [0.15, 0.2) is 24.3 Å². The Morgan fingerprint density at radius 2 is 2.35 bits per heavy atom. The second-order valence-electron chi connectivity index (χ2n) is 4.49. The molecule has 0 saturated carbocycles.